The van der Waals surface area contributed by atoms with E-state index in [1.165, 1.54) is 7.11 Å². The number of nitrogens with zero attached hydrogens (tertiary/aromatic N) is 1. The Kier molecular flexibility index (Phi) is 10.4. The molecule has 1 heterocycles. The molecule has 1 unspecified atom stereocenters. The van der Waals surface area contributed by atoms with Crippen LogP contribution in [0.3, 0.4) is 0 Å². The fraction of sp³-hybridized carbons (Fsp3) is 0.529. The Morgan fingerprint density at radius 3 is 2.00 bits per heavy atom. The lowest BCUT2D eigenvalue weighted by Gasteiger charge is -2.30. The number of methoxy groups -OCH3 is 1. The molecular weight excluding hydrogens is 362 g/mol. The van der Waals surface area contributed by atoms with Crippen LogP contribution in [0.25, 0.3) is 0 Å². The van der Waals surface area contributed by atoms with E-state index in [4.69, 9.17) is 19.3 Å². The van der Waals surface area contributed by atoms with E-state index in [0.29, 0.717) is 38.9 Å². The molecule has 10 nitrogen and oxygen atoms in total. The van der Waals surface area contributed by atoms with Gasteiger partial charge >= 0.3 is 23.9 Å². The van der Waals surface area contributed by atoms with E-state index < -0.39 is 23.9 Å². The van der Waals surface area contributed by atoms with Crippen molar-refractivity contribution in [1.29, 1.82) is 0 Å². The van der Waals surface area contributed by atoms with Crippen LogP contribution in [0, 0.1) is 5.92 Å². The molecule has 27 heavy (non-hydrogen) atoms. The lowest BCUT2D eigenvalue weighted by Crippen LogP contribution is -2.41. The maximum absolute atomic E-state index is 11.6. The van der Waals surface area contributed by atoms with Gasteiger partial charge in [0.05, 0.1) is 33.5 Å². The molecule has 0 radical (unpaired) electrons. The van der Waals surface area contributed by atoms with Gasteiger partial charge in [-0.1, -0.05) is 0 Å². The summed E-state index contributed by atoms with van der Waals surface area (Å²) in [5, 5.41) is 8.50. The molecule has 0 aromatic carbocycles. The molecule has 150 valence electrons. The Hall–Kier alpha value is -2.72. The Balaban J connectivity index is 2.54. The van der Waals surface area contributed by atoms with Crippen LogP contribution in [-0.2, 0) is 38.1 Å². The van der Waals surface area contributed by atoms with E-state index in [2.05, 4.69) is 9.64 Å². The number of morpholine rings is 1. The quantitative estimate of drug-likeness (QED) is 0.295. The van der Waals surface area contributed by atoms with Gasteiger partial charge in [-0.15, -0.1) is 0 Å². The highest BCUT2D eigenvalue weighted by molar-refractivity contribution is 5.91. The zero-order valence-electron chi connectivity index (χ0n) is 15.0. The van der Waals surface area contributed by atoms with Gasteiger partial charge in [0.2, 0.25) is 0 Å². The maximum atomic E-state index is 11.6. The van der Waals surface area contributed by atoms with Crippen molar-refractivity contribution in [3.63, 3.8) is 0 Å². The zero-order chi connectivity index (χ0) is 20.1. The molecule has 0 amide bonds. The van der Waals surface area contributed by atoms with Crippen molar-refractivity contribution < 1.29 is 43.2 Å². The summed E-state index contributed by atoms with van der Waals surface area (Å²) in [7, 11) is 1.18. The van der Waals surface area contributed by atoms with Gasteiger partial charge in [-0.25, -0.2) is 19.2 Å². The molecular formula is C17H23NO9. The minimum absolute atomic E-state index is 0.0440. The van der Waals surface area contributed by atoms with Crippen LogP contribution in [0.2, 0.25) is 0 Å². The van der Waals surface area contributed by atoms with Crippen LogP contribution in [0.15, 0.2) is 24.3 Å². The van der Waals surface area contributed by atoms with E-state index in [1.54, 1.807) is 0 Å². The van der Waals surface area contributed by atoms with Crippen LogP contribution in [0.4, 0.5) is 0 Å². The largest absolute Gasteiger partial charge is 0.478 e. The van der Waals surface area contributed by atoms with Crippen molar-refractivity contribution in [1.82, 2.24) is 4.90 Å². The molecule has 0 spiro atoms. The average Bonchev–Trinajstić information content (AvgIpc) is 2.67. The summed E-state index contributed by atoms with van der Waals surface area (Å²) in [6.45, 7) is 2.93. The summed E-state index contributed by atoms with van der Waals surface area (Å²) < 4.78 is 19.7. The minimum atomic E-state index is -1.26. The molecule has 1 N–H and O–H groups in total. The molecule has 0 aromatic heterocycles. The highest BCUT2D eigenvalue weighted by atomic mass is 16.5. The summed E-state index contributed by atoms with van der Waals surface area (Å²) in [5.41, 5.74) is 0. The zero-order valence-corrected chi connectivity index (χ0v) is 15.0. The summed E-state index contributed by atoms with van der Waals surface area (Å²) in [5.74, 6) is -3.81. The van der Waals surface area contributed by atoms with Gasteiger partial charge in [0.25, 0.3) is 0 Å². The summed E-state index contributed by atoms with van der Waals surface area (Å²) in [4.78, 5) is 46.6. The third-order valence-electron chi connectivity index (χ3n) is 3.46. The second kappa shape index (κ2) is 12.6. The van der Waals surface area contributed by atoms with E-state index in [1.807, 2.05) is 0 Å². The predicted molar refractivity (Wildman–Crippen MR) is 90.6 cm³/mol. The van der Waals surface area contributed by atoms with Crippen molar-refractivity contribution in [3.8, 4) is 0 Å². The fourth-order valence-electron chi connectivity index (χ4n) is 2.14. The van der Waals surface area contributed by atoms with Gasteiger partial charge in [0.15, 0.2) is 0 Å². The molecule has 1 saturated heterocycles. The molecule has 1 rings (SSSR count). The van der Waals surface area contributed by atoms with Crippen molar-refractivity contribution in [2.24, 2.45) is 5.92 Å². The second-order valence-corrected chi connectivity index (χ2v) is 5.57. The molecule has 0 bridgehead atoms. The van der Waals surface area contributed by atoms with Gasteiger partial charge in [-0.05, 0) is 0 Å². The Morgan fingerprint density at radius 1 is 0.963 bits per heavy atom. The third kappa shape index (κ3) is 10.8. The lowest BCUT2D eigenvalue weighted by atomic mass is 10.1. The Morgan fingerprint density at radius 2 is 1.48 bits per heavy atom. The number of carboxylic acids is 1. The number of esters is 3. The molecule has 1 atom stereocenters. The van der Waals surface area contributed by atoms with Crippen molar-refractivity contribution in [2.45, 2.75) is 0 Å². The van der Waals surface area contributed by atoms with Gasteiger partial charge in [-0.3, -0.25) is 4.90 Å². The summed E-state index contributed by atoms with van der Waals surface area (Å²) in [6.07, 6.45) is 3.37. The SMILES string of the molecule is COC(=O)/C=C/C(=O)OCC(COC(=O)/C=C/C(=O)O)CN1CCOCC1. The highest BCUT2D eigenvalue weighted by Gasteiger charge is 2.19. The van der Waals surface area contributed by atoms with Crippen LogP contribution >= 0.6 is 0 Å². The van der Waals surface area contributed by atoms with Crippen molar-refractivity contribution >= 4 is 23.9 Å². The second-order valence-electron chi connectivity index (χ2n) is 5.57. The number of rotatable bonds is 10. The highest BCUT2D eigenvalue weighted by Crippen LogP contribution is 2.07. The van der Waals surface area contributed by atoms with Crippen molar-refractivity contribution in [2.75, 3.05) is 53.2 Å². The van der Waals surface area contributed by atoms with Gasteiger partial charge in [0, 0.05) is 49.9 Å². The van der Waals surface area contributed by atoms with Gasteiger partial charge in [-0.2, -0.15) is 0 Å². The number of ether oxygens (including phenoxy) is 4. The van der Waals surface area contributed by atoms with E-state index in [0.717, 1.165) is 18.2 Å². The van der Waals surface area contributed by atoms with Crippen LogP contribution in [0.5, 0.6) is 0 Å². The normalized spacial score (nSPS) is 16.2. The summed E-state index contributed by atoms with van der Waals surface area (Å²) in [6, 6.07) is 0. The maximum Gasteiger partial charge on any atom is 0.331 e. The lowest BCUT2D eigenvalue weighted by molar-refractivity contribution is -0.144. The number of aliphatic carboxylic acids is 1. The fourth-order valence-corrected chi connectivity index (χ4v) is 2.14. The topological polar surface area (TPSA) is 129 Å². The third-order valence-corrected chi connectivity index (χ3v) is 3.46. The standard InChI is InChI=1S/C17H23NO9/c1-24-15(21)4-5-17(23)27-12-13(10-18-6-8-25-9-7-18)11-26-16(22)3-2-14(19)20/h2-5,13H,6-12H2,1H3,(H,19,20)/b3-2+,5-4+. The van der Waals surface area contributed by atoms with Crippen molar-refractivity contribution in [3.05, 3.63) is 24.3 Å². The first-order chi connectivity index (χ1) is 12.9. The number of carbonyl (C=O) groups excluding carboxylic acids is 3. The molecule has 0 aromatic rings. The molecule has 1 fully saturated rings. The molecule has 10 heteroatoms. The Bertz CT molecular complexity index is 579. The molecule has 1 aliphatic rings. The first kappa shape index (κ1) is 22.3. The van der Waals surface area contributed by atoms with Crippen LogP contribution in [-0.4, -0.2) is 87.1 Å². The van der Waals surface area contributed by atoms with Gasteiger partial charge in [0.1, 0.15) is 0 Å². The average molecular weight is 385 g/mol. The van der Waals surface area contributed by atoms with E-state index in [9.17, 15) is 19.2 Å². The molecule has 0 saturated carbocycles. The number of hydrogen-bond acceptors (Lipinski definition) is 9. The summed E-state index contributed by atoms with van der Waals surface area (Å²) >= 11 is 0. The first-order valence-electron chi connectivity index (χ1n) is 8.21. The Labute approximate surface area is 156 Å². The molecule has 0 aliphatic carbocycles. The monoisotopic (exact) mass is 385 g/mol. The predicted octanol–water partition coefficient (Wildman–Crippen LogP) is -0.609. The van der Waals surface area contributed by atoms with E-state index >= 15 is 0 Å². The van der Waals surface area contributed by atoms with Gasteiger partial charge < -0.3 is 24.1 Å². The smallest absolute Gasteiger partial charge is 0.331 e. The number of carboxylic acid groups (broad SMARTS) is 1. The minimum Gasteiger partial charge on any atom is -0.478 e. The number of carbonyl (C=O) groups is 4. The number of hydrogen-bond donors (Lipinski definition) is 1. The van der Waals surface area contributed by atoms with Crippen LogP contribution < -0.4 is 0 Å². The van der Waals surface area contributed by atoms with E-state index in [-0.39, 0.29) is 19.1 Å². The first-order valence-corrected chi connectivity index (χ1v) is 8.21. The molecule has 1 aliphatic heterocycles. The van der Waals surface area contributed by atoms with Crippen LogP contribution in [0.1, 0.15) is 0 Å².